The summed E-state index contributed by atoms with van der Waals surface area (Å²) in [5.41, 5.74) is 1.50. The number of aromatic nitrogens is 1. The summed E-state index contributed by atoms with van der Waals surface area (Å²) >= 11 is 0. The number of carbonyl (C=O) groups excluding carboxylic acids is 2. The van der Waals surface area contributed by atoms with Gasteiger partial charge in [0, 0.05) is 43.0 Å². The maximum atomic E-state index is 12.8. The second-order valence-corrected chi connectivity index (χ2v) is 7.28. The van der Waals surface area contributed by atoms with Gasteiger partial charge in [-0.15, -0.1) is 0 Å². The van der Waals surface area contributed by atoms with Crippen LogP contribution in [0.2, 0.25) is 0 Å². The lowest BCUT2D eigenvalue weighted by Crippen LogP contribution is -2.39. The number of unbranched alkanes of at least 4 members (excludes halogenated alkanes) is 1. The molecule has 27 heavy (non-hydrogen) atoms. The first-order chi connectivity index (χ1) is 13.1. The van der Waals surface area contributed by atoms with Gasteiger partial charge in [0.15, 0.2) is 0 Å². The molecule has 1 aliphatic rings. The predicted molar refractivity (Wildman–Crippen MR) is 106 cm³/mol. The van der Waals surface area contributed by atoms with Gasteiger partial charge in [0.1, 0.15) is 11.4 Å². The molecule has 0 bridgehead atoms. The van der Waals surface area contributed by atoms with Gasteiger partial charge in [-0.3, -0.25) is 9.59 Å². The van der Waals surface area contributed by atoms with E-state index in [1.807, 2.05) is 29.2 Å². The summed E-state index contributed by atoms with van der Waals surface area (Å²) in [5, 5.41) is 3.98. The monoisotopic (exact) mass is 371 g/mol. The molecule has 0 radical (unpaired) electrons. The third-order valence-electron chi connectivity index (χ3n) is 5.29. The molecule has 6 nitrogen and oxygen atoms in total. The molecule has 1 fully saturated rings. The van der Waals surface area contributed by atoms with Gasteiger partial charge < -0.3 is 19.9 Å². The molecule has 0 unspecified atom stereocenters. The van der Waals surface area contributed by atoms with Gasteiger partial charge in [-0.25, -0.2) is 0 Å². The number of hydrogen-bond donors (Lipinski definition) is 2. The van der Waals surface area contributed by atoms with Crippen LogP contribution in [-0.4, -0.2) is 48.4 Å². The quantitative estimate of drug-likeness (QED) is 0.733. The smallest absolute Gasteiger partial charge is 0.270 e. The van der Waals surface area contributed by atoms with E-state index in [4.69, 9.17) is 4.74 Å². The van der Waals surface area contributed by atoms with Crippen molar-refractivity contribution in [2.45, 2.75) is 39.0 Å². The number of benzene rings is 1. The van der Waals surface area contributed by atoms with E-state index < -0.39 is 0 Å². The summed E-state index contributed by atoms with van der Waals surface area (Å²) in [6.45, 7) is 4.27. The molecule has 0 atom stereocenters. The van der Waals surface area contributed by atoms with Crippen molar-refractivity contribution >= 4 is 22.7 Å². The molecule has 2 aromatic rings. The number of aromatic amines is 1. The second-order valence-electron chi connectivity index (χ2n) is 7.28. The SMILES string of the molecule is CCCCNC(=O)CC1CCN(C(=O)c2cc3ccc(OC)cc3[nH]2)CC1. The molecule has 2 amide bonds. The van der Waals surface area contributed by atoms with Crippen LogP contribution in [0, 0.1) is 5.92 Å². The lowest BCUT2D eigenvalue weighted by molar-refractivity contribution is -0.122. The van der Waals surface area contributed by atoms with E-state index in [1.54, 1.807) is 7.11 Å². The van der Waals surface area contributed by atoms with E-state index in [1.165, 1.54) is 0 Å². The highest BCUT2D eigenvalue weighted by Crippen LogP contribution is 2.25. The highest BCUT2D eigenvalue weighted by molar-refractivity contribution is 5.98. The molecule has 0 aliphatic carbocycles. The van der Waals surface area contributed by atoms with Gasteiger partial charge >= 0.3 is 0 Å². The third-order valence-corrected chi connectivity index (χ3v) is 5.29. The molecule has 1 saturated heterocycles. The van der Waals surface area contributed by atoms with Crippen LogP contribution in [0.15, 0.2) is 24.3 Å². The van der Waals surface area contributed by atoms with E-state index in [9.17, 15) is 9.59 Å². The van der Waals surface area contributed by atoms with Gasteiger partial charge in [0.25, 0.3) is 5.91 Å². The number of hydrogen-bond acceptors (Lipinski definition) is 3. The average molecular weight is 371 g/mol. The third kappa shape index (κ3) is 4.81. The maximum absolute atomic E-state index is 12.8. The lowest BCUT2D eigenvalue weighted by atomic mass is 9.93. The Bertz CT molecular complexity index is 791. The summed E-state index contributed by atoms with van der Waals surface area (Å²) in [4.78, 5) is 29.9. The second kappa shape index (κ2) is 8.93. The van der Waals surface area contributed by atoms with Gasteiger partial charge in [-0.2, -0.15) is 0 Å². The van der Waals surface area contributed by atoms with Crippen molar-refractivity contribution in [1.29, 1.82) is 0 Å². The Hall–Kier alpha value is -2.50. The molecule has 6 heteroatoms. The molecular formula is C21H29N3O3. The van der Waals surface area contributed by atoms with E-state index in [0.717, 1.165) is 48.9 Å². The van der Waals surface area contributed by atoms with Crippen molar-refractivity contribution in [3.63, 3.8) is 0 Å². The van der Waals surface area contributed by atoms with Crippen LogP contribution in [-0.2, 0) is 4.79 Å². The van der Waals surface area contributed by atoms with Crippen LogP contribution >= 0.6 is 0 Å². The van der Waals surface area contributed by atoms with Gasteiger partial charge in [-0.1, -0.05) is 13.3 Å². The number of amides is 2. The predicted octanol–water partition coefficient (Wildman–Crippen LogP) is 3.34. The van der Waals surface area contributed by atoms with E-state index in [-0.39, 0.29) is 11.8 Å². The lowest BCUT2D eigenvalue weighted by Gasteiger charge is -2.31. The van der Waals surface area contributed by atoms with Crippen molar-refractivity contribution in [1.82, 2.24) is 15.2 Å². The van der Waals surface area contributed by atoms with Crippen molar-refractivity contribution in [3.05, 3.63) is 30.0 Å². The summed E-state index contributed by atoms with van der Waals surface area (Å²) in [7, 11) is 1.63. The largest absolute Gasteiger partial charge is 0.497 e. The first kappa shape index (κ1) is 19.3. The zero-order valence-corrected chi connectivity index (χ0v) is 16.2. The van der Waals surface area contributed by atoms with E-state index in [2.05, 4.69) is 17.2 Å². The molecule has 1 aliphatic heterocycles. The van der Waals surface area contributed by atoms with Crippen LogP contribution in [0.3, 0.4) is 0 Å². The normalized spacial score (nSPS) is 15.1. The molecule has 0 saturated carbocycles. The van der Waals surface area contributed by atoms with Gasteiger partial charge in [-0.05, 0) is 43.4 Å². The molecule has 0 spiro atoms. The van der Waals surface area contributed by atoms with E-state index in [0.29, 0.717) is 31.1 Å². The number of methoxy groups -OCH3 is 1. The fourth-order valence-electron chi connectivity index (χ4n) is 3.60. The van der Waals surface area contributed by atoms with Crippen molar-refractivity contribution in [3.8, 4) is 5.75 Å². The molecule has 1 aromatic heterocycles. The molecule has 146 valence electrons. The standard InChI is InChI=1S/C21H29N3O3/c1-3-4-9-22-20(25)12-15-7-10-24(11-8-15)21(26)19-13-16-5-6-17(27-2)14-18(16)23-19/h5-6,13-15,23H,3-4,7-12H2,1-2H3,(H,22,25). The molecule has 3 rings (SSSR count). The number of nitrogens with one attached hydrogen (secondary N) is 2. The molecule has 1 aromatic carbocycles. The topological polar surface area (TPSA) is 74.4 Å². The molecular weight excluding hydrogens is 342 g/mol. The first-order valence-corrected chi connectivity index (χ1v) is 9.83. The van der Waals surface area contributed by atoms with Crippen molar-refractivity contribution in [2.75, 3.05) is 26.7 Å². The Balaban J connectivity index is 1.53. The first-order valence-electron chi connectivity index (χ1n) is 9.83. The summed E-state index contributed by atoms with van der Waals surface area (Å²) < 4.78 is 5.23. The van der Waals surface area contributed by atoms with Crippen LogP contribution in [0.1, 0.15) is 49.5 Å². The van der Waals surface area contributed by atoms with Gasteiger partial charge in [0.2, 0.25) is 5.91 Å². The highest BCUT2D eigenvalue weighted by Gasteiger charge is 2.25. The Kier molecular flexibility index (Phi) is 6.37. The summed E-state index contributed by atoms with van der Waals surface area (Å²) in [6, 6.07) is 7.63. The van der Waals surface area contributed by atoms with Gasteiger partial charge in [0.05, 0.1) is 7.11 Å². The maximum Gasteiger partial charge on any atom is 0.270 e. The average Bonchev–Trinajstić information content (AvgIpc) is 3.11. The van der Waals surface area contributed by atoms with Crippen molar-refractivity contribution in [2.24, 2.45) is 5.92 Å². The van der Waals surface area contributed by atoms with E-state index >= 15 is 0 Å². The Morgan fingerprint density at radius 3 is 2.74 bits per heavy atom. The zero-order chi connectivity index (χ0) is 19.2. The zero-order valence-electron chi connectivity index (χ0n) is 16.2. The Morgan fingerprint density at radius 1 is 1.26 bits per heavy atom. The fraction of sp³-hybridized carbons (Fsp3) is 0.524. The minimum Gasteiger partial charge on any atom is -0.497 e. The number of rotatable bonds is 7. The minimum absolute atomic E-state index is 0.0241. The van der Waals surface area contributed by atoms with Crippen LogP contribution < -0.4 is 10.1 Å². The number of carbonyl (C=O) groups is 2. The summed E-state index contributed by atoms with van der Waals surface area (Å²) in [6.07, 6.45) is 4.43. The fourth-order valence-corrected chi connectivity index (χ4v) is 3.60. The summed E-state index contributed by atoms with van der Waals surface area (Å²) in [5.74, 6) is 1.29. The Labute approximate surface area is 160 Å². The number of likely N-dealkylation sites (tertiary alicyclic amines) is 1. The highest BCUT2D eigenvalue weighted by atomic mass is 16.5. The number of piperidine rings is 1. The molecule has 2 heterocycles. The van der Waals surface area contributed by atoms with Crippen LogP contribution in [0.5, 0.6) is 5.75 Å². The minimum atomic E-state index is 0.0241. The van der Waals surface area contributed by atoms with Crippen molar-refractivity contribution < 1.29 is 14.3 Å². The van der Waals surface area contributed by atoms with Crippen LogP contribution in [0.25, 0.3) is 10.9 Å². The molecule has 2 N–H and O–H groups in total. The number of H-pyrrole nitrogens is 1. The van der Waals surface area contributed by atoms with Crippen LogP contribution in [0.4, 0.5) is 0 Å². The number of fused-ring (bicyclic) bond motifs is 1. The number of ether oxygens (including phenoxy) is 1. The number of nitrogens with zero attached hydrogens (tertiary/aromatic N) is 1. The Morgan fingerprint density at radius 2 is 2.04 bits per heavy atom.